The minimum absolute atomic E-state index is 0.154. The van der Waals surface area contributed by atoms with Crippen molar-refractivity contribution in [3.05, 3.63) is 90.3 Å². The number of aromatic nitrogens is 1. The van der Waals surface area contributed by atoms with E-state index in [9.17, 15) is 4.79 Å². The van der Waals surface area contributed by atoms with Gasteiger partial charge in [0.2, 0.25) is 5.91 Å². The van der Waals surface area contributed by atoms with Gasteiger partial charge in [0.15, 0.2) is 0 Å². The Hall–Kier alpha value is -2.98. The SMILES string of the molecule is CNC(=O)[C@]1(Cc2ccc(-c3cccnc3)cc2)CCN(CCc2ccccc2)C1. The molecule has 2 aromatic carbocycles. The Morgan fingerprint density at radius 3 is 2.50 bits per heavy atom. The van der Waals surface area contributed by atoms with Crippen LogP contribution in [0.4, 0.5) is 0 Å². The molecule has 0 radical (unpaired) electrons. The summed E-state index contributed by atoms with van der Waals surface area (Å²) in [6, 6.07) is 23.2. The second kappa shape index (κ2) is 9.23. The molecule has 1 atom stereocenters. The molecule has 1 aromatic heterocycles. The maximum Gasteiger partial charge on any atom is 0.227 e. The molecule has 0 spiro atoms. The maximum atomic E-state index is 12.9. The quantitative estimate of drug-likeness (QED) is 0.654. The Bertz CT molecular complexity index is 957. The third-order valence-corrected chi connectivity index (χ3v) is 6.19. The van der Waals surface area contributed by atoms with Crippen molar-refractivity contribution in [2.45, 2.75) is 19.3 Å². The molecule has 4 rings (SSSR count). The van der Waals surface area contributed by atoms with Crippen LogP contribution in [0.1, 0.15) is 17.5 Å². The van der Waals surface area contributed by atoms with Crippen molar-refractivity contribution >= 4 is 5.91 Å². The molecule has 1 aliphatic rings. The average molecular weight is 400 g/mol. The van der Waals surface area contributed by atoms with Gasteiger partial charge in [-0.3, -0.25) is 9.78 Å². The molecule has 0 saturated carbocycles. The van der Waals surface area contributed by atoms with Crippen LogP contribution in [0.2, 0.25) is 0 Å². The second-order valence-electron chi connectivity index (χ2n) is 8.24. The Kier molecular flexibility index (Phi) is 6.24. The molecule has 0 aliphatic carbocycles. The fourth-order valence-corrected chi connectivity index (χ4v) is 4.50. The minimum atomic E-state index is -0.360. The van der Waals surface area contributed by atoms with Crippen molar-refractivity contribution in [1.82, 2.24) is 15.2 Å². The molecule has 1 saturated heterocycles. The summed E-state index contributed by atoms with van der Waals surface area (Å²) >= 11 is 0. The standard InChI is InChI=1S/C26H29N3O/c1-27-25(30)26(14-17-29(20-26)16-13-21-6-3-2-4-7-21)18-22-9-11-23(12-10-22)24-8-5-15-28-19-24/h2-12,15,19H,13-14,16-18,20H2,1H3,(H,27,30)/t26-/m0/s1. The van der Waals surface area contributed by atoms with Crippen molar-refractivity contribution < 1.29 is 4.79 Å². The number of carbonyl (C=O) groups is 1. The Balaban J connectivity index is 1.44. The highest BCUT2D eigenvalue weighted by Gasteiger charge is 2.43. The van der Waals surface area contributed by atoms with Gasteiger partial charge in [-0.1, -0.05) is 60.7 Å². The van der Waals surface area contributed by atoms with Crippen molar-refractivity contribution in [2.75, 3.05) is 26.7 Å². The van der Waals surface area contributed by atoms with Gasteiger partial charge in [0.1, 0.15) is 0 Å². The molecule has 1 amide bonds. The van der Waals surface area contributed by atoms with Gasteiger partial charge in [-0.25, -0.2) is 0 Å². The third kappa shape index (κ3) is 4.60. The summed E-state index contributed by atoms with van der Waals surface area (Å²) in [7, 11) is 1.75. The molecule has 4 heteroatoms. The number of nitrogens with one attached hydrogen (secondary N) is 1. The second-order valence-corrected chi connectivity index (χ2v) is 8.24. The molecular formula is C26H29N3O. The number of rotatable bonds is 7. The molecular weight excluding hydrogens is 370 g/mol. The van der Waals surface area contributed by atoms with Gasteiger partial charge in [0, 0.05) is 32.5 Å². The molecule has 30 heavy (non-hydrogen) atoms. The molecule has 1 aliphatic heterocycles. The molecule has 1 fully saturated rings. The number of hydrogen-bond donors (Lipinski definition) is 1. The maximum absolute atomic E-state index is 12.9. The third-order valence-electron chi connectivity index (χ3n) is 6.19. The summed E-state index contributed by atoms with van der Waals surface area (Å²) in [6.07, 6.45) is 6.34. The monoisotopic (exact) mass is 399 g/mol. The first kappa shape index (κ1) is 20.3. The van der Waals surface area contributed by atoms with Crippen LogP contribution in [-0.2, 0) is 17.6 Å². The fourth-order valence-electron chi connectivity index (χ4n) is 4.50. The lowest BCUT2D eigenvalue weighted by Crippen LogP contribution is -2.43. The number of nitrogens with zero attached hydrogens (tertiary/aromatic N) is 2. The minimum Gasteiger partial charge on any atom is -0.359 e. The first-order valence-electron chi connectivity index (χ1n) is 10.7. The highest BCUT2D eigenvalue weighted by Crippen LogP contribution is 2.35. The number of hydrogen-bond acceptors (Lipinski definition) is 3. The van der Waals surface area contributed by atoms with E-state index in [0.29, 0.717) is 0 Å². The lowest BCUT2D eigenvalue weighted by atomic mass is 9.79. The number of amides is 1. The molecule has 3 aromatic rings. The van der Waals surface area contributed by atoms with Gasteiger partial charge in [-0.15, -0.1) is 0 Å². The molecule has 0 unspecified atom stereocenters. The lowest BCUT2D eigenvalue weighted by Gasteiger charge is -2.28. The van der Waals surface area contributed by atoms with E-state index in [0.717, 1.165) is 50.0 Å². The largest absolute Gasteiger partial charge is 0.359 e. The van der Waals surface area contributed by atoms with Crippen LogP contribution >= 0.6 is 0 Å². The van der Waals surface area contributed by atoms with Crippen LogP contribution in [0.5, 0.6) is 0 Å². The number of pyridine rings is 1. The van der Waals surface area contributed by atoms with E-state index in [1.54, 1.807) is 13.2 Å². The highest BCUT2D eigenvalue weighted by molar-refractivity contribution is 5.83. The van der Waals surface area contributed by atoms with E-state index in [1.165, 1.54) is 11.1 Å². The van der Waals surface area contributed by atoms with E-state index in [4.69, 9.17) is 0 Å². The molecule has 154 valence electrons. The predicted octanol–water partition coefficient (Wildman–Crippen LogP) is 3.97. The normalized spacial score (nSPS) is 19.0. The van der Waals surface area contributed by atoms with Crippen LogP contribution < -0.4 is 5.32 Å². The summed E-state index contributed by atoms with van der Waals surface area (Å²) in [4.78, 5) is 19.5. The summed E-state index contributed by atoms with van der Waals surface area (Å²) in [5.41, 5.74) is 4.45. The molecule has 4 nitrogen and oxygen atoms in total. The van der Waals surface area contributed by atoms with Gasteiger partial charge >= 0.3 is 0 Å². The zero-order valence-electron chi connectivity index (χ0n) is 17.6. The van der Waals surface area contributed by atoms with Crippen LogP contribution in [0.25, 0.3) is 11.1 Å². The van der Waals surface area contributed by atoms with E-state index in [2.05, 4.69) is 75.9 Å². The topological polar surface area (TPSA) is 45.2 Å². The Labute approximate surface area is 179 Å². The summed E-state index contributed by atoms with van der Waals surface area (Å²) in [5, 5.41) is 2.93. The van der Waals surface area contributed by atoms with Crippen molar-refractivity contribution in [3.8, 4) is 11.1 Å². The molecule has 0 bridgehead atoms. The number of likely N-dealkylation sites (tertiary alicyclic amines) is 1. The molecule has 1 N–H and O–H groups in total. The number of carbonyl (C=O) groups excluding carboxylic acids is 1. The first-order chi connectivity index (χ1) is 14.7. The van der Waals surface area contributed by atoms with E-state index in [1.807, 2.05) is 12.3 Å². The Morgan fingerprint density at radius 2 is 1.80 bits per heavy atom. The first-order valence-corrected chi connectivity index (χ1v) is 10.7. The van der Waals surface area contributed by atoms with Crippen LogP contribution in [0, 0.1) is 5.41 Å². The summed E-state index contributed by atoms with van der Waals surface area (Å²) < 4.78 is 0. The van der Waals surface area contributed by atoms with Crippen LogP contribution in [0.3, 0.4) is 0 Å². The van der Waals surface area contributed by atoms with Crippen molar-refractivity contribution in [3.63, 3.8) is 0 Å². The van der Waals surface area contributed by atoms with Gasteiger partial charge < -0.3 is 10.2 Å². The summed E-state index contributed by atoms with van der Waals surface area (Å²) in [5.74, 6) is 0.154. The molecule has 2 heterocycles. The van der Waals surface area contributed by atoms with E-state index >= 15 is 0 Å². The van der Waals surface area contributed by atoms with Gasteiger partial charge in [0.25, 0.3) is 0 Å². The number of benzene rings is 2. The fraction of sp³-hybridized carbons (Fsp3) is 0.308. The lowest BCUT2D eigenvalue weighted by molar-refractivity contribution is -0.129. The van der Waals surface area contributed by atoms with Gasteiger partial charge in [-0.05, 0) is 54.1 Å². The van der Waals surface area contributed by atoms with Crippen LogP contribution in [-0.4, -0.2) is 42.5 Å². The van der Waals surface area contributed by atoms with E-state index in [-0.39, 0.29) is 11.3 Å². The van der Waals surface area contributed by atoms with Crippen LogP contribution in [0.15, 0.2) is 79.1 Å². The Morgan fingerprint density at radius 1 is 1.00 bits per heavy atom. The zero-order chi connectivity index (χ0) is 20.8. The van der Waals surface area contributed by atoms with Crippen molar-refractivity contribution in [1.29, 1.82) is 0 Å². The predicted molar refractivity (Wildman–Crippen MR) is 121 cm³/mol. The summed E-state index contributed by atoms with van der Waals surface area (Å²) in [6.45, 7) is 2.76. The highest BCUT2D eigenvalue weighted by atomic mass is 16.2. The average Bonchev–Trinajstić information content (AvgIpc) is 3.23. The zero-order valence-corrected chi connectivity index (χ0v) is 17.6. The van der Waals surface area contributed by atoms with Crippen molar-refractivity contribution in [2.24, 2.45) is 5.41 Å². The van der Waals surface area contributed by atoms with Gasteiger partial charge in [0.05, 0.1) is 5.41 Å². The van der Waals surface area contributed by atoms with E-state index < -0.39 is 0 Å². The van der Waals surface area contributed by atoms with Gasteiger partial charge in [-0.2, -0.15) is 0 Å². The smallest absolute Gasteiger partial charge is 0.227 e.